The lowest BCUT2D eigenvalue weighted by Crippen LogP contribution is -2.44. The van der Waals surface area contributed by atoms with Gasteiger partial charge in [-0.05, 0) is 25.2 Å². The first kappa shape index (κ1) is 17.2. The van der Waals surface area contributed by atoms with Crippen LogP contribution < -0.4 is 5.32 Å². The Bertz CT molecular complexity index is 516. The number of hydrogen-bond acceptors (Lipinski definition) is 4. The molecule has 3 atom stereocenters. The van der Waals surface area contributed by atoms with Gasteiger partial charge < -0.3 is 10.4 Å². The number of hydrogen-bond donors (Lipinski definition) is 2. The monoisotopic (exact) mass is 331 g/mol. The second-order valence-corrected chi connectivity index (χ2v) is 8.81. The Morgan fingerprint density at radius 3 is 2.32 bits per heavy atom. The lowest BCUT2D eigenvalue weighted by Gasteiger charge is -2.27. The fourth-order valence-electron chi connectivity index (χ4n) is 3.51. The fraction of sp³-hybridized carbons (Fsp3) is 0.867. The molecule has 0 aromatic rings. The zero-order chi connectivity index (χ0) is 16.2. The summed E-state index contributed by atoms with van der Waals surface area (Å²) in [5.74, 6) is -1.48. The topological polar surface area (TPSA) is 101 Å². The number of rotatable bonds is 4. The summed E-state index contributed by atoms with van der Waals surface area (Å²) in [6.07, 6.45) is 5.91. The van der Waals surface area contributed by atoms with Gasteiger partial charge in [-0.25, -0.2) is 8.42 Å². The predicted octanol–water partition coefficient (Wildman–Crippen LogP) is 1.35. The van der Waals surface area contributed by atoms with E-state index in [0.717, 1.165) is 25.7 Å². The minimum absolute atomic E-state index is 0.0768. The van der Waals surface area contributed by atoms with Crippen LogP contribution in [-0.4, -0.2) is 42.9 Å². The molecule has 0 radical (unpaired) electrons. The van der Waals surface area contributed by atoms with Gasteiger partial charge >= 0.3 is 5.97 Å². The van der Waals surface area contributed by atoms with Crippen molar-refractivity contribution in [2.24, 2.45) is 11.8 Å². The van der Waals surface area contributed by atoms with E-state index < -0.39 is 21.7 Å². The molecule has 6 nitrogen and oxygen atoms in total. The van der Waals surface area contributed by atoms with Crippen molar-refractivity contribution in [2.45, 2.75) is 57.4 Å². The molecular weight excluding hydrogens is 306 g/mol. The SMILES string of the molecule is O=C(CC1CCS(=O)(=O)C1)NC1CCCCCCC1C(=O)O. The van der Waals surface area contributed by atoms with Crippen molar-refractivity contribution in [1.82, 2.24) is 5.32 Å². The third-order valence-corrected chi connectivity index (χ3v) is 6.57. The fourth-order valence-corrected chi connectivity index (χ4v) is 5.38. The van der Waals surface area contributed by atoms with Crippen LogP contribution >= 0.6 is 0 Å². The Labute approximate surface area is 131 Å². The van der Waals surface area contributed by atoms with Crippen molar-refractivity contribution in [2.75, 3.05) is 11.5 Å². The van der Waals surface area contributed by atoms with Crippen LogP contribution in [0.3, 0.4) is 0 Å². The van der Waals surface area contributed by atoms with Gasteiger partial charge in [0.2, 0.25) is 5.91 Å². The molecular formula is C15H25NO5S. The van der Waals surface area contributed by atoms with Crippen LogP contribution in [0.25, 0.3) is 0 Å². The summed E-state index contributed by atoms with van der Waals surface area (Å²) in [6, 6.07) is -0.330. The van der Waals surface area contributed by atoms with Gasteiger partial charge in [0.25, 0.3) is 0 Å². The van der Waals surface area contributed by atoms with Crippen molar-refractivity contribution in [3.63, 3.8) is 0 Å². The van der Waals surface area contributed by atoms with E-state index >= 15 is 0 Å². The Balaban J connectivity index is 1.91. The number of amides is 1. The summed E-state index contributed by atoms with van der Waals surface area (Å²) in [6.45, 7) is 0. The van der Waals surface area contributed by atoms with E-state index in [4.69, 9.17) is 0 Å². The summed E-state index contributed by atoms with van der Waals surface area (Å²) >= 11 is 0. The van der Waals surface area contributed by atoms with Crippen molar-refractivity contribution >= 4 is 21.7 Å². The standard InChI is InChI=1S/C15H25NO5S/c17-14(9-11-7-8-22(20,21)10-11)16-13-6-4-2-1-3-5-12(13)15(18)19/h11-13H,1-10H2,(H,16,17)(H,18,19). The van der Waals surface area contributed by atoms with Gasteiger partial charge in [-0.2, -0.15) is 0 Å². The number of carboxylic acid groups (broad SMARTS) is 1. The van der Waals surface area contributed by atoms with Gasteiger partial charge in [0, 0.05) is 12.5 Å². The van der Waals surface area contributed by atoms with Crippen molar-refractivity contribution < 1.29 is 23.1 Å². The van der Waals surface area contributed by atoms with Crippen molar-refractivity contribution in [3.8, 4) is 0 Å². The van der Waals surface area contributed by atoms with E-state index in [0.29, 0.717) is 19.3 Å². The molecule has 1 aliphatic carbocycles. The molecule has 7 heteroatoms. The van der Waals surface area contributed by atoms with E-state index in [2.05, 4.69) is 5.32 Å². The summed E-state index contributed by atoms with van der Waals surface area (Å²) in [4.78, 5) is 23.6. The molecule has 2 aliphatic rings. The smallest absolute Gasteiger partial charge is 0.308 e. The maximum Gasteiger partial charge on any atom is 0.308 e. The molecule has 0 bridgehead atoms. The Hall–Kier alpha value is -1.11. The summed E-state index contributed by atoms with van der Waals surface area (Å²) in [5.41, 5.74) is 0. The number of carboxylic acids is 1. The number of sulfone groups is 1. The molecule has 126 valence electrons. The molecule has 1 saturated carbocycles. The van der Waals surface area contributed by atoms with Crippen molar-refractivity contribution in [3.05, 3.63) is 0 Å². The first-order valence-electron chi connectivity index (χ1n) is 8.10. The Kier molecular flexibility index (Phi) is 5.83. The highest BCUT2D eigenvalue weighted by Crippen LogP contribution is 2.25. The number of aliphatic carboxylic acids is 1. The molecule has 22 heavy (non-hydrogen) atoms. The van der Waals surface area contributed by atoms with Gasteiger partial charge in [0.15, 0.2) is 9.84 Å². The first-order valence-corrected chi connectivity index (χ1v) is 9.92. The number of carbonyl (C=O) groups excluding carboxylic acids is 1. The molecule has 1 amide bonds. The highest BCUT2D eigenvalue weighted by atomic mass is 32.2. The molecule has 3 unspecified atom stereocenters. The summed E-state index contributed by atoms with van der Waals surface area (Å²) in [5, 5.41) is 12.2. The average Bonchev–Trinajstić information content (AvgIpc) is 2.71. The third-order valence-electron chi connectivity index (χ3n) is 4.73. The average molecular weight is 331 g/mol. The van der Waals surface area contributed by atoms with E-state index in [1.807, 2.05) is 0 Å². The van der Waals surface area contributed by atoms with E-state index in [1.54, 1.807) is 0 Å². The molecule has 1 saturated heterocycles. The second kappa shape index (κ2) is 7.44. The molecule has 1 aliphatic heterocycles. The highest BCUT2D eigenvalue weighted by molar-refractivity contribution is 7.91. The molecule has 1 heterocycles. The maximum absolute atomic E-state index is 12.1. The molecule has 2 fully saturated rings. The normalized spacial score (nSPS) is 31.9. The van der Waals surface area contributed by atoms with Gasteiger partial charge in [-0.1, -0.05) is 25.7 Å². The highest BCUT2D eigenvalue weighted by Gasteiger charge is 2.32. The van der Waals surface area contributed by atoms with Crippen molar-refractivity contribution in [1.29, 1.82) is 0 Å². The quantitative estimate of drug-likeness (QED) is 0.810. The second-order valence-electron chi connectivity index (χ2n) is 6.58. The van der Waals surface area contributed by atoms with Crippen LogP contribution in [-0.2, 0) is 19.4 Å². The van der Waals surface area contributed by atoms with Crippen LogP contribution in [0.4, 0.5) is 0 Å². The van der Waals surface area contributed by atoms with Crippen LogP contribution in [0.2, 0.25) is 0 Å². The molecule has 0 aromatic carbocycles. The Morgan fingerprint density at radius 1 is 1.05 bits per heavy atom. The maximum atomic E-state index is 12.1. The first-order chi connectivity index (χ1) is 10.4. The molecule has 0 spiro atoms. The third kappa shape index (κ3) is 4.97. The van der Waals surface area contributed by atoms with E-state index in [1.165, 1.54) is 0 Å². The summed E-state index contributed by atoms with van der Waals surface area (Å²) in [7, 11) is -2.98. The van der Waals surface area contributed by atoms with E-state index in [9.17, 15) is 23.1 Å². The zero-order valence-corrected chi connectivity index (χ0v) is 13.6. The van der Waals surface area contributed by atoms with Crippen LogP contribution in [0.15, 0.2) is 0 Å². The minimum Gasteiger partial charge on any atom is -0.481 e. The zero-order valence-electron chi connectivity index (χ0n) is 12.8. The molecule has 2 rings (SSSR count). The van der Waals surface area contributed by atoms with Gasteiger partial charge in [-0.3, -0.25) is 9.59 Å². The largest absolute Gasteiger partial charge is 0.481 e. The number of carbonyl (C=O) groups is 2. The molecule has 0 aromatic heterocycles. The molecule has 2 N–H and O–H groups in total. The van der Waals surface area contributed by atoms with Gasteiger partial charge in [0.1, 0.15) is 0 Å². The Morgan fingerprint density at radius 2 is 1.73 bits per heavy atom. The van der Waals surface area contributed by atoms with Gasteiger partial charge in [0.05, 0.1) is 17.4 Å². The van der Waals surface area contributed by atoms with Crippen LogP contribution in [0.5, 0.6) is 0 Å². The lowest BCUT2D eigenvalue weighted by molar-refractivity contribution is -0.143. The van der Waals surface area contributed by atoms with E-state index in [-0.39, 0.29) is 35.8 Å². The van der Waals surface area contributed by atoms with Gasteiger partial charge in [-0.15, -0.1) is 0 Å². The lowest BCUT2D eigenvalue weighted by atomic mass is 9.86. The predicted molar refractivity (Wildman–Crippen MR) is 82.1 cm³/mol. The minimum atomic E-state index is -2.98. The summed E-state index contributed by atoms with van der Waals surface area (Å²) < 4.78 is 22.9. The van der Waals surface area contributed by atoms with Crippen LogP contribution in [0, 0.1) is 11.8 Å². The van der Waals surface area contributed by atoms with Crippen LogP contribution in [0.1, 0.15) is 51.4 Å². The number of nitrogens with one attached hydrogen (secondary N) is 1.